The average molecular weight is 236 g/mol. The topological polar surface area (TPSA) is 94.0 Å². The van der Waals surface area contributed by atoms with Gasteiger partial charge in [0.05, 0.1) is 21.6 Å². The third-order valence-electron chi connectivity index (χ3n) is 2.34. The number of nitrogens with zero attached hydrogens (tertiary/aromatic N) is 1. The second-order valence-corrected chi connectivity index (χ2v) is 4.38. The van der Waals surface area contributed by atoms with Crippen molar-refractivity contribution < 1.29 is 4.79 Å². The van der Waals surface area contributed by atoms with Crippen LogP contribution in [-0.2, 0) is 4.79 Å². The van der Waals surface area contributed by atoms with E-state index in [4.69, 9.17) is 11.5 Å². The van der Waals surface area contributed by atoms with Crippen LogP contribution in [0, 0.1) is 0 Å². The maximum absolute atomic E-state index is 10.9. The molecule has 0 aliphatic rings. The predicted octanol–water partition coefficient (Wildman–Crippen LogP) is 1.16. The number of nitrogens with two attached hydrogens (primary N) is 2. The minimum atomic E-state index is -0.460. The van der Waals surface area contributed by atoms with Gasteiger partial charge in [-0.15, -0.1) is 11.3 Å². The minimum absolute atomic E-state index is 0.419. The van der Waals surface area contributed by atoms with Gasteiger partial charge in [0.25, 0.3) is 0 Å². The van der Waals surface area contributed by atoms with Crippen molar-refractivity contribution in [1.29, 1.82) is 0 Å². The second kappa shape index (κ2) is 3.97. The molecule has 84 valence electrons. The molecule has 16 heavy (non-hydrogen) atoms. The summed E-state index contributed by atoms with van der Waals surface area (Å²) in [6.45, 7) is 1.69. The molecule has 6 heteroatoms. The highest BCUT2D eigenvalue weighted by Gasteiger charge is 2.12. The molecule has 0 radical (unpaired) electrons. The Morgan fingerprint density at radius 3 is 3.00 bits per heavy atom. The first kappa shape index (κ1) is 10.7. The first-order valence-electron chi connectivity index (χ1n) is 4.77. The largest absolute Gasteiger partial charge is 0.395 e. The van der Waals surface area contributed by atoms with Crippen LogP contribution in [0.25, 0.3) is 10.2 Å². The van der Waals surface area contributed by atoms with Gasteiger partial charge < -0.3 is 16.8 Å². The van der Waals surface area contributed by atoms with E-state index in [1.165, 1.54) is 11.3 Å². The lowest BCUT2D eigenvalue weighted by molar-refractivity contribution is -0.118. The van der Waals surface area contributed by atoms with Gasteiger partial charge >= 0.3 is 0 Å². The van der Waals surface area contributed by atoms with Gasteiger partial charge in [-0.05, 0) is 19.1 Å². The highest BCUT2D eigenvalue weighted by molar-refractivity contribution is 7.16. The summed E-state index contributed by atoms with van der Waals surface area (Å²) in [5, 5.41) is 2.96. The van der Waals surface area contributed by atoms with E-state index in [2.05, 4.69) is 10.3 Å². The maximum Gasteiger partial charge on any atom is 0.239 e. The Hall–Kier alpha value is -1.82. The number of aromatic nitrogens is 1. The molecule has 0 saturated carbocycles. The van der Waals surface area contributed by atoms with Gasteiger partial charge in [0, 0.05) is 0 Å². The molecule has 0 aliphatic carbocycles. The number of rotatable bonds is 3. The molecule has 1 aromatic carbocycles. The molecule has 2 rings (SSSR count). The highest BCUT2D eigenvalue weighted by Crippen LogP contribution is 2.30. The fraction of sp³-hybridized carbons (Fsp3) is 0.200. The van der Waals surface area contributed by atoms with Gasteiger partial charge in [0.15, 0.2) is 0 Å². The number of benzene rings is 1. The van der Waals surface area contributed by atoms with Crippen molar-refractivity contribution in [3.05, 3.63) is 17.6 Å². The van der Waals surface area contributed by atoms with Crippen molar-refractivity contribution in [2.45, 2.75) is 13.0 Å². The van der Waals surface area contributed by atoms with Crippen molar-refractivity contribution in [2.24, 2.45) is 5.73 Å². The second-order valence-electron chi connectivity index (χ2n) is 3.49. The normalized spacial score (nSPS) is 12.6. The lowest BCUT2D eigenvalue weighted by Gasteiger charge is -2.13. The molecule has 0 saturated heterocycles. The standard InChI is InChI=1S/C10H12N4OS/c1-5(10(12)15)14-6-2-3-7-9(8(6)11)13-4-16-7/h2-5,14H,11H2,1H3,(H2,12,15). The summed E-state index contributed by atoms with van der Waals surface area (Å²) in [6.07, 6.45) is 0. The van der Waals surface area contributed by atoms with E-state index >= 15 is 0 Å². The molecule has 5 nitrogen and oxygen atoms in total. The zero-order valence-corrected chi connectivity index (χ0v) is 9.54. The first-order chi connectivity index (χ1) is 7.59. The molecule has 1 amide bonds. The number of fused-ring (bicyclic) bond motifs is 1. The average Bonchev–Trinajstić information content (AvgIpc) is 2.70. The highest BCUT2D eigenvalue weighted by atomic mass is 32.1. The molecule has 0 aliphatic heterocycles. The first-order valence-corrected chi connectivity index (χ1v) is 5.65. The van der Waals surface area contributed by atoms with Crippen LogP contribution in [0.3, 0.4) is 0 Å². The van der Waals surface area contributed by atoms with Gasteiger partial charge in [-0.3, -0.25) is 4.79 Å². The van der Waals surface area contributed by atoms with E-state index in [0.29, 0.717) is 11.4 Å². The van der Waals surface area contributed by atoms with Crippen molar-refractivity contribution in [3.63, 3.8) is 0 Å². The number of amides is 1. The number of primary amides is 1. The monoisotopic (exact) mass is 236 g/mol. The van der Waals surface area contributed by atoms with E-state index in [1.54, 1.807) is 12.4 Å². The summed E-state index contributed by atoms with van der Waals surface area (Å²) in [7, 11) is 0. The lowest BCUT2D eigenvalue weighted by atomic mass is 10.2. The molecular formula is C10H12N4OS. The van der Waals surface area contributed by atoms with Crippen LogP contribution in [0.1, 0.15) is 6.92 Å². The zero-order valence-electron chi connectivity index (χ0n) is 8.73. The lowest BCUT2D eigenvalue weighted by Crippen LogP contribution is -2.32. The summed E-state index contributed by atoms with van der Waals surface area (Å²) in [6, 6.07) is 3.28. The van der Waals surface area contributed by atoms with E-state index in [0.717, 1.165) is 10.2 Å². The summed E-state index contributed by atoms with van der Waals surface area (Å²) >= 11 is 1.52. The summed E-state index contributed by atoms with van der Waals surface area (Å²) in [4.78, 5) is 15.1. The number of carbonyl (C=O) groups excluding carboxylic acids is 1. The van der Waals surface area contributed by atoms with E-state index in [-0.39, 0.29) is 0 Å². The van der Waals surface area contributed by atoms with Crippen molar-refractivity contribution in [1.82, 2.24) is 4.98 Å². The Morgan fingerprint density at radius 1 is 1.56 bits per heavy atom. The molecule has 5 N–H and O–H groups in total. The molecule has 0 fully saturated rings. The van der Waals surface area contributed by atoms with Crippen LogP contribution in [0.15, 0.2) is 17.6 Å². The fourth-order valence-electron chi connectivity index (χ4n) is 1.38. The molecule has 0 bridgehead atoms. The predicted molar refractivity (Wildman–Crippen MR) is 66.3 cm³/mol. The van der Waals surface area contributed by atoms with Crippen LogP contribution in [0.2, 0.25) is 0 Å². The van der Waals surface area contributed by atoms with E-state index in [1.807, 2.05) is 12.1 Å². The van der Waals surface area contributed by atoms with E-state index < -0.39 is 11.9 Å². The number of nitrogen functional groups attached to an aromatic ring is 1. The van der Waals surface area contributed by atoms with Gasteiger partial charge in [-0.25, -0.2) is 4.98 Å². The summed E-state index contributed by atoms with van der Waals surface area (Å²) < 4.78 is 1.02. The third kappa shape index (κ3) is 1.79. The smallest absolute Gasteiger partial charge is 0.239 e. The van der Waals surface area contributed by atoms with E-state index in [9.17, 15) is 4.79 Å². The van der Waals surface area contributed by atoms with Crippen LogP contribution < -0.4 is 16.8 Å². The third-order valence-corrected chi connectivity index (χ3v) is 3.13. The molecular weight excluding hydrogens is 224 g/mol. The van der Waals surface area contributed by atoms with Crippen molar-refractivity contribution >= 4 is 38.8 Å². The van der Waals surface area contributed by atoms with Crippen molar-refractivity contribution in [3.8, 4) is 0 Å². The van der Waals surface area contributed by atoms with Crippen molar-refractivity contribution in [2.75, 3.05) is 11.1 Å². The van der Waals surface area contributed by atoms with Gasteiger partial charge in [0.1, 0.15) is 11.6 Å². The SMILES string of the molecule is CC(Nc1ccc2scnc2c1N)C(N)=O. The Balaban J connectivity index is 2.37. The van der Waals surface area contributed by atoms with Crippen LogP contribution in [0.5, 0.6) is 0 Å². The van der Waals surface area contributed by atoms with Gasteiger partial charge in [0.2, 0.25) is 5.91 Å². The Morgan fingerprint density at radius 2 is 2.31 bits per heavy atom. The number of anilines is 2. The Labute approximate surface area is 96.5 Å². The number of nitrogens with one attached hydrogen (secondary N) is 1. The number of carbonyl (C=O) groups is 1. The molecule has 1 heterocycles. The molecule has 1 aromatic heterocycles. The Kier molecular flexibility index (Phi) is 2.66. The fourth-order valence-corrected chi connectivity index (χ4v) is 2.07. The molecule has 1 unspecified atom stereocenters. The molecule has 2 aromatic rings. The van der Waals surface area contributed by atoms with Gasteiger partial charge in [-0.2, -0.15) is 0 Å². The van der Waals surface area contributed by atoms with Gasteiger partial charge in [-0.1, -0.05) is 0 Å². The number of hydrogen-bond donors (Lipinski definition) is 3. The van der Waals surface area contributed by atoms with Crippen LogP contribution >= 0.6 is 11.3 Å². The zero-order chi connectivity index (χ0) is 11.7. The summed E-state index contributed by atoms with van der Waals surface area (Å²) in [5.41, 5.74) is 14.8. The summed E-state index contributed by atoms with van der Waals surface area (Å²) in [5.74, 6) is -0.419. The number of hydrogen-bond acceptors (Lipinski definition) is 5. The Bertz CT molecular complexity index is 537. The molecule has 0 spiro atoms. The maximum atomic E-state index is 10.9. The van der Waals surface area contributed by atoms with Crippen LogP contribution in [-0.4, -0.2) is 16.9 Å². The minimum Gasteiger partial charge on any atom is -0.395 e. The van der Waals surface area contributed by atoms with Crippen LogP contribution in [0.4, 0.5) is 11.4 Å². The quantitative estimate of drug-likeness (QED) is 0.697. The molecule has 1 atom stereocenters. The number of thiazole rings is 1.